The van der Waals surface area contributed by atoms with Crippen LogP contribution >= 0.6 is 11.6 Å². The standard InChI is InChI=1S/C13H14ClN3O4/c1-7-4-12(21-17-7)16-13(18)15-9-5-8(14)10(19-2)6-11(9)20-3/h4-6H,1-3H3,(H2,15,16,18). The third-order valence-corrected chi connectivity index (χ3v) is 2.88. The second kappa shape index (κ2) is 6.36. The molecular weight excluding hydrogens is 298 g/mol. The smallest absolute Gasteiger partial charge is 0.326 e. The van der Waals surface area contributed by atoms with Crippen LogP contribution < -0.4 is 20.1 Å². The van der Waals surface area contributed by atoms with Crippen molar-refractivity contribution in [1.29, 1.82) is 0 Å². The summed E-state index contributed by atoms with van der Waals surface area (Å²) >= 11 is 6.02. The molecule has 2 aromatic rings. The normalized spacial score (nSPS) is 10.1. The highest BCUT2D eigenvalue weighted by Crippen LogP contribution is 2.35. The summed E-state index contributed by atoms with van der Waals surface area (Å²) in [5, 5.41) is 9.13. The number of hydrogen-bond acceptors (Lipinski definition) is 5. The summed E-state index contributed by atoms with van der Waals surface area (Å²) in [5.74, 6) is 1.11. The van der Waals surface area contributed by atoms with E-state index in [9.17, 15) is 4.79 Å². The fourth-order valence-electron chi connectivity index (χ4n) is 1.65. The fourth-order valence-corrected chi connectivity index (χ4v) is 1.89. The summed E-state index contributed by atoms with van der Waals surface area (Å²) in [7, 11) is 2.97. The Kier molecular flexibility index (Phi) is 4.54. The van der Waals surface area contributed by atoms with Crippen LogP contribution in [0.4, 0.5) is 16.4 Å². The molecule has 0 aliphatic rings. The van der Waals surface area contributed by atoms with Crippen LogP contribution in [-0.4, -0.2) is 25.4 Å². The average molecular weight is 312 g/mol. The molecule has 1 aromatic carbocycles. The van der Waals surface area contributed by atoms with Crippen molar-refractivity contribution in [1.82, 2.24) is 5.16 Å². The predicted octanol–water partition coefficient (Wildman–Crippen LogP) is 3.30. The van der Waals surface area contributed by atoms with Gasteiger partial charge in [0.2, 0.25) is 5.88 Å². The quantitative estimate of drug-likeness (QED) is 0.904. The van der Waals surface area contributed by atoms with Gasteiger partial charge in [0.05, 0.1) is 30.6 Å². The average Bonchev–Trinajstić information content (AvgIpc) is 2.84. The van der Waals surface area contributed by atoms with E-state index in [1.165, 1.54) is 20.3 Å². The minimum Gasteiger partial charge on any atom is -0.495 e. The highest BCUT2D eigenvalue weighted by Gasteiger charge is 2.13. The summed E-state index contributed by atoms with van der Waals surface area (Å²) in [4.78, 5) is 11.9. The highest BCUT2D eigenvalue weighted by molar-refractivity contribution is 6.32. The maximum Gasteiger partial charge on any atom is 0.326 e. The molecular formula is C13H14ClN3O4. The summed E-state index contributed by atoms with van der Waals surface area (Å²) in [6.07, 6.45) is 0. The minimum atomic E-state index is -0.509. The SMILES string of the molecule is COc1cc(OC)c(NC(=O)Nc2cc(C)no2)cc1Cl. The number of halogens is 1. The van der Waals surface area contributed by atoms with Gasteiger partial charge in [0.25, 0.3) is 0 Å². The molecule has 0 spiro atoms. The van der Waals surface area contributed by atoms with Gasteiger partial charge in [-0.1, -0.05) is 16.8 Å². The number of aromatic nitrogens is 1. The molecule has 2 N–H and O–H groups in total. The lowest BCUT2D eigenvalue weighted by Gasteiger charge is -2.12. The van der Waals surface area contributed by atoms with E-state index in [0.29, 0.717) is 27.9 Å². The second-order valence-corrected chi connectivity index (χ2v) is 4.51. The number of aryl methyl sites for hydroxylation is 1. The van der Waals surface area contributed by atoms with Crippen molar-refractivity contribution < 1.29 is 18.8 Å². The number of carbonyl (C=O) groups excluding carboxylic acids is 1. The Morgan fingerprint density at radius 3 is 2.48 bits per heavy atom. The topological polar surface area (TPSA) is 85.6 Å². The molecule has 8 heteroatoms. The van der Waals surface area contributed by atoms with Crippen molar-refractivity contribution in [2.24, 2.45) is 0 Å². The van der Waals surface area contributed by atoms with E-state index in [1.54, 1.807) is 19.1 Å². The van der Waals surface area contributed by atoms with Gasteiger partial charge in [-0.15, -0.1) is 0 Å². The third kappa shape index (κ3) is 3.57. The molecule has 0 atom stereocenters. The van der Waals surface area contributed by atoms with Crippen LogP contribution in [0.1, 0.15) is 5.69 Å². The first-order chi connectivity index (χ1) is 10.0. The molecule has 0 aliphatic heterocycles. The summed E-state index contributed by atoms with van der Waals surface area (Å²) in [6.45, 7) is 1.75. The number of benzene rings is 1. The molecule has 2 amide bonds. The van der Waals surface area contributed by atoms with Crippen LogP contribution in [0.25, 0.3) is 0 Å². The number of nitrogens with zero attached hydrogens (tertiary/aromatic N) is 1. The lowest BCUT2D eigenvalue weighted by Crippen LogP contribution is -2.19. The Balaban J connectivity index is 2.14. The summed E-state index contributed by atoms with van der Waals surface area (Å²) in [6, 6.07) is 4.20. The minimum absolute atomic E-state index is 0.239. The van der Waals surface area contributed by atoms with E-state index < -0.39 is 6.03 Å². The van der Waals surface area contributed by atoms with E-state index in [2.05, 4.69) is 15.8 Å². The molecule has 1 heterocycles. The van der Waals surface area contributed by atoms with Crippen molar-refractivity contribution in [2.45, 2.75) is 6.92 Å². The number of nitrogens with one attached hydrogen (secondary N) is 2. The van der Waals surface area contributed by atoms with Crippen LogP contribution in [0.5, 0.6) is 11.5 Å². The number of rotatable bonds is 4. The van der Waals surface area contributed by atoms with Gasteiger partial charge >= 0.3 is 6.03 Å². The molecule has 2 rings (SSSR count). The zero-order chi connectivity index (χ0) is 15.4. The lowest BCUT2D eigenvalue weighted by atomic mass is 10.2. The summed E-state index contributed by atoms with van der Waals surface area (Å²) in [5.41, 5.74) is 1.06. The Morgan fingerprint density at radius 2 is 1.90 bits per heavy atom. The first-order valence-corrected chi connectivity index (χ1v) is 6.34. The van der Waals surface area contributed by atoms with Gasteiger partial charge in [-0.2, -0.15) is 0 Å². The molecule has 0 saturated heterocycles. The molecule has 112 valence electrons. The van der Waals surface area contributed by atoms with Crippen molar-refractivity contribution >= 4 is 29.2 Å². The number of anilines is 2. The number of hydrogen-bond donors (Lipinski definition) is 2. The zero-order valence-corrected chi connectivity index (χ0v) is 12.4. The largest absolute Gasteiger partial charge is 0.495 e. The Bertz CT molecular complexity index is 657. The van der Waals surface area contributed by atoms with Crippen LogP contribution in [-0.2, 0) is 0 Å². The molecule has 0 unspecified atom stereocenters. The maximum atomic E-state index is 11.9. The van der Waals surface area contributed by atoms with Crippen LogP contribution in [0.15, 0.2) is 22.7 Å². The molecule has 0 fully saturated rings. The van der Waals surface area contributed by atoms with E-state index >= 15 is 0 Å². The van der Waals surface area contributed by atoms with Gasteiger partial charge in [-0.05, 0) is 13.0 Å². The van der Waals surface area contributed by atoms with Gasteiger partial charge in [0, 0.05) is 12.1 Å². The van der Waals surface area contributed by atoms with Gasteiger partial charge < -0.3 is 19.3 Å². The van der Waals surface area contributed by atoms with Crippen molar-refractivity contribution in [3.05, 3.63) is 28.9 Å². The van der Waals surface area contributed by atoms with Crippen molar-refractivity contribution in [3.8, 4) is 11.5 Å². The number of carbonyl (C=O) groups is 1. The van der Waals surface area contributed by atoms with Gasteiger partial charge in [-0.25, -0.2) is 4.79 Å². The number of urea groups is 1. The van der Waals surface area contributed by atoms with Gasteiger partial charge in [0.1, 0.15) is 11.5 Å². The molecule has 21 heavy (non-hydrogen) atoms. The Morgan fingerprint density at radius 1 is 1.19 bits per heavy atom. The second-order valence-electron chi connectivity index (χ2n) is 4.10. The third-order valence-electron chi connectivity index (χ3n) is 2.59. The molecule has 0 saturated carbocycles. The first kappa shape index (κ1) is 15.0. The fraction of sp³-hybridized carbons (Fsp3) is 0.231. The van der Waals surface area contributed by atoms with Crippen LogP contribution in [0, 0.1) is 6.92 Å². The van der Waals surface area contributed by atoms with E-state index in [4.69, 9.17) is 25.6 Å². The van der Waals surface area contributed by atoms with Crippen LogP contribution in [0.2, 0.25) is 5.02 Å². The zero-order valence-electron chi connectivity index (χ0n) is 11.7. The van der Waals surface area contributed by atoms with Crippen molar-refractivity contribution in [3.63, 3.8) is 0 Å². The molecule has 0 radical (unpaired) electrons. The monoisotopic (exact) mass is 311 g/mol. The van der Waals surface area contributed by atoms with Crippen LogP contribution in [0.3, 0.4) is 0 Å². The Hall–Kier alpha value is -2.41. The first-order valence-electron chi connectivity index (χ1n) is 5.96. The summed E-state index contributed by atoms with van der Waals surface area (Å²) < 4.78 is 15.2. The molecule has 0 aliphatic carbocycles. The van der Waals surface area contributed by atoms with Gasteiger partial charge in [0.15, 0.2) is 0 Å². The van der Waals surface area contributed by atoms with Crippen molar-refractivity contribution in [2.75, 3.05) is 24.9 Å². The molecule has 0 bridgehead atoms. The number of amides is 2. The van der Waals surface area contributed by atoms with Gasteiger partial charge in [-0.3, -0.25) is 5.32 Å². The van der Waals surface area contributed by atoms with E-state index in [0.717, 1.165) is 0 Å². The highest BCUT2D eigenvalue weighted by atomic mass is 35.5. The van der Waals surface area contributed by atoms with E-state index in [-0.39, 0.29) is 5.88 Å². The Labute approximate surface area is 126 Å². The number of methoxy groups -OCH3 is 2. The predicted molar refractivity (Wildman–Crippen MR) is 78.4 cm³/mol. The van der Waals surface area contributed by atoms with E-state index in [1.807, 2.05) is 0 Å². The number of ether oxygens (including phenoxy) is 2. The molecule has 7 nitrogen and oxygen atoms in total. The lowest BCUT2D eigenvalue weighted by molar-refractivity contribution is 0.261. The molecule has 1 aromatic heterocycles. The maximum absolute atomic E-state index is 11.9.